The molecule has 2 N–H and O–H groups in total. The first-order valence-electron chi connectivity index (χ1n) is 10.4. The van der Waals surface area contributed by atoms with E-state index in [2.05, 4.69) is 10.6 Å². The van der Waals surface area contributed by atoms with Crippen LogP contribution in [0, 0.1) is 5.92 Å². The van der Waals surface area contributed by atoms with Crippen LogP contribution in [-0.4, -0.2) is 68.7 Å². The van der Waals surface area contributed by atoms with Crippen molar-refractivity contribution in [1.29, 1.82) is 0 Å². The van der Waals surface area contributed by atoms with Crippen molar-refractivity contribution in [2.75, 3.05) is 45.2 Å². The Morgan fingerprint density at radius 3 is 2.33 bits per heavy atom. The van der Waals surface area contributed by atoms with Gasteiger partial charge >= 0.3 is 6.09 Å². The Balaban J connectivity index is 1.80. The van der Waals surface area contributed by atoms with Crippen LogP contribution in [0.25, 0.3) is 0 Å². The van der Waals surface area contributed by atoms with Crippen LogP contribution in [0.2, 0.25) is 0 Å². The molecule has 1 aliphatic rings. The van der Waals surface area contributed by atoms with E-state index in [1.807, 2.05) is 43.3 Å². The highest BCUT2D eigenvalue weighted by molar-refractivity contribution is 5.95. The first kappa shape index (κ1) is 23.5. The van der Waals surface area contributed by atoms with Gasteiger partial charge in [0.2, 0.25) is 5.91 Å². The number of amides is 3. The van der Waals surface area contributed by atoms with Gasteiger partial charge in [-0.3, -0.25) is 9.59 Å². The minimum atomic E-state index is -0.557. The largest absolute Gasteiger partial charge is 0.444 e. The Morgan fingerprint density at radius 1 is 1.10 bits per heavy atom. The lowest BCUT2D eigenvalue weighted by Gasteiger charge is -2.32. The number of carbonyl (C=O) groups excluding carboxylic acids is 3. The molecule has 30 heavy (non-hydrogen) atoms. The number of carbonyl (C=O) groups is 3. The maximum Gasteiger partial charge on any atom is 0.407 e. The van der Waals surface area contributed by atoms with E-state index >= 15 is 0 Å². The SMILES string of the molecule is CN(C)c1ccc(C(=O)N2CCCC(C(=O)NCCNC(=O)OC(C)(C)C)C2)cc1. The molecule has 0 spiro atoms. The molecule has 166 valence electrons. The minimum Gasteiger partial charge on any atom is -0.444 e. The molecule has 0 aliphatic carbocycles. The van der Waals surface area contributed by atoms with Gasteiger partial charge in [-0.2, -0.15) is 0 Å². The van der Waals surface area contributed by atoms with Crippen LogP contribution in [0.5, 0.6) is 0 Å². The lowest BCUT2D eigenvalue weighted by molar-refractivity contribution is -0.126. The van der Waals surface area contributed by atoms with Gasteiger partial charge in [0.1, 0.15) is 5.60 Å². The average Bonchev–Trinajstić information content (AvgIpc) is 2.69. The lowest BCUT2D eigenvalue weighted by atomic mass is 9.96. The zero-order valence-corrected chi connectivity index (χ0v) is 18.7. The van der Waals surface area contributed by atoms with Crippen molar-refractivity contribution in [2.24, 2.45) is 5.92 Å². The van der Waals surface area contributed by atoms with E-state index in [-0.39, 0.29) is 24.3 Å². The first-order chi connectivity index (χ1) is 14.1. The van der Waals surface area contributed by atoms with Gasteiger partial charge in [0.05, 0.1) is 5.92 Å². The zero-order chi connectivity index (χ0) is 22.3. The molecular weight excluding hydrogens is 384 g/mol. The Labute approximate surface area is 178 Å². The fourth-order valence-electron chi connectivity index (χ4n) is 3.27. The molecule has 8 nitrogen and oxygen atoms in total. The smallest absolute Gasteiger partial charge is 0.407 e. The minimum absolute atomic E-state index is 0.0515. The van der Waals surface area contributed by atoms with Crippen LogP contribution >= 0.6 is 0 Å². The second-order valence-electron chi connectivity index (χ2n) is 8.75. The first-order valence-corrected chi connectivity index (χ1v) is 10.4. The number of benzene rings is 1. The van der Waals surface area contributed by atoms with Crippen molar-refractivity contribution < 1.29 is 19.1 Å². The quantitative estimate of drug-likeness (QED) is 0.692. The summed E-state index contributed by atoms with van der Waals surface area (Å²) in [5.74, 6) is -0.392. The maximum atomic E-state index is 12.8. The highest BCUT2D eigenvalue weighted by atomic mass is 16.6. The molecule has 0 radical (unpaired) electrons. The summed E-state index contributed by atoms with van der Waals surface area (Å²) in [6.07, 6.45) is 1.02. The molecule has 1 aromatic carbocycles. The zero-order valence-electron chi connectivity index (χ0n) is 18.7. The highest BCUT2D eigenvalue weighted by Crippen LogP contribution is 2.20. The number of rotatable bonds is 6. The third-order valence-corrected chi connectivity index (χ3v) is 4.80. The number of anilines is 1. The summed E-state index contributed by atoms with van der Waals surface area (Å²) in [4.78, 5) is 40.7. The second kappa shape index (κ2) is 10.3. The molecule has 1 fully saturated rings. The highest BCUT2D eigenvalue weighted by Gasteiger charge is 2.28. The number of hydrogen-bond donors (Lipinski definition) is 2. The molecule has 1 saturated heterocycles. The summed E-state index contributed by atoms with van der Waals surface area (Å²) in [7, 11) is 3.90. The van der Waals surface area contributed by atoms with E-state index in [1.165, 1.54) is 0 Å². The third-order valence-electron chi connectivity index (χ3n) is 4.80. The number of hydrogen-bond acceptors (Lipinski definition) is 5. The molecule has 0 bridgehead atoms. The Kier molecular flexibility index (Phi) is 8.08. The van der Waals surface area contributed by atoms with Crippen molar-refractivity contribution in [1.82, 2.24) is 15.5 Å². The van der Waals surface area contributed by atoms with Crippen LogP contribution in [-0.2, 0) is 9.53 Å². The summed E-state index contributed by atoms with van der Waals surface area (Å²) >= 11 is 0. The average molecular weight is 419 g/mol. The second-order valence-corrected chi connectivity index (χ2v) is 8.75. The predicted molar refractivity (Wildman–Crippen MR) is 117 cm³/mol. The van der Waals surface area contributed by atoms with Crippen LogP contribution in [0.4, 0.5) is 10.5 Å². The number of likely N-dealkylation sites (tertiary alicyclic amines) is 1. The Bertz CT molecular complexity index is 740. The van der Waals surface area contributed by atoms with E-state index in [4.69, 9.17) is 4.74 Å². The molecule has 1 aromatic rings. The summed E-state index contributed by atoms with van der Waals surface area (Å²) < 4.78 is 5.15. The Morgan fingerprint density at radius 2 is 1.73 bits per heavy atom. The van der Waals surface area contributed by atoms with Gasteiger partial charge in [-0.25, -0.2) is 4.79 Å². The molecule has 3 amide bonds. The van der Waals surface area contributed by atoms with Crippen molar-refractivity contribution in [2.45, 2.75) is 39.2 Å². The van der Waals surface area contributed by atoms with E-state index < -0.39 is 11.7 Å². The lowest BCUT2D eigenvalue weighted by Crippen LogP contribution is -2.46. The molecule has 1 unspecified atom stereocenters. The van der Waals surface area contributed by atoms with Crippen LogP contribution in [0.15, 0.2) is 24.3 Å². The van der Waals surface area contributed by atoms with Crippen LogP contribution in [0.3, 0.4) is 0 Å². The van der Waals surface area contributed by atoms with E-state index in [0.29, 0.717) is 25.2 Å². The van der Waals surface area contributed by atoms with Crippen molar-refractivity contribution in [3.05, 3.63) is 29.8 Å². The summed E-state index contributed by atoms with van der Waals surface area (Å²) in [6, 6.07) is 7.48. The van der Waals surface area contributed by atoms with Crippen molar-refractivity contribution in [3.8, 4) is 0 Å². The van der Waals surface area contributed by atoms with Gasteiger partial charge < -0.3 is 25.2 Å². The maximum absolute atomic E-state index is 12.8. The fourth-order valence-corrected chi connectivity index (χ4v) is 3.27. The number of alkyl carbamates (subject to hydrolysis) is 1. The molecule has 0 aromatic heterocycles. The molecular formula is C22H34N4O4. The molecule has 1 aliphatic heterocycles. The standard InChI is InChI=1S/C22H34N4O4/c1-22(2,3)30-21(29)24-13-12-23-19(27)17-7-6-14-26(15-17)20(28)16-8-10-18(11-9-16)25(4)5/h8-11,17H,6-7,12-15H2,1-5H3,(H,23,27)(H,24,29). The molecule has 2 rings (SSSR count). The summed E-state index contributed by atoms with van der Waals surface area (Å²) in [5.41, 5.74) is 1.10. The Hall–Kier alpha value is -2.77. The van der Waals surface area contributed by atoms with E-state index in [0.717, 1.165) is 18.5 Å². The molecule has 1 heterocycles. The number of nitrogens with zero attached hydrogens (tertiary/aromatic N) is 2. The van der Waals surface area contributed by atoms with Crippen molar-refractivity contribution in [3.63, 3.8) is 0 Å². The van der Waals surface area contributed by atoms with Gasteiger partial charge in [-0.1, -0.05) is 0 Å². The van der Waals surface area contributed by atoms with Gasteiger partial charge in [-0.05, 0) is 57.9 Å². The van der Waals surface area contributed by atoms with E-state index in [1.54, 1.807) is 25.7 Å². The molecule has 8 heteroatoms. The topological polar surface area (TPSA) is 91.0 Å². The molecule has 0 saturated carbocycles. The van der Waals surface area contributed by atoms with Gasteiger partial charge in [-0.15, -0.1) is 0 Å². The predicted octanol–water partition coefficient (Wildman–Crippen LogP) is 2.25. The summed E-state index contributed by atoms with van der Waals surface area (Å²) in [6.45, 7) is 7.03. The van der Waals surface area contributed by atoms with Gasteiger partial charge in [0.25, 0.3) is 5.91 Å². The number of nitrogens with one attached hydrogen (secondary N) is 2. The fraction of sp³-hybridized carbons (Fsp3) is 0.591. The van der Waals surface area contributed by atoms with Crippen molar-refractivity contribution >= 4 is 23.6 Å². The summed E-state index contributed by atoms with van der Waals surface area (Å²) in [5, 5.41) is 5.45. The normalized spacial score (nSPS) is 16.6. The monoisotopic (exact) mass is 418 g/mol. The van der Waals surface area contributed by atoms with Crippen LogP contribution in [0.1, 0.15) is 44.0 Å². The van der Waals surface area contributed by atoms with Crippen LogP contribution < -0.4 is 15.5 Å². The van der Waals surface area contributed by atoms with Gasteiger partial charge in [0, 0.05) is 51.5 Å². The van der Waals surface area contributed by atoms with Gasteiger partial charge in [0.15, 0.2) is 0 Å². The third kappa shape index (κ3) is 7.24. The molecule has 1 atom stereocenters. The van der Waals surface area contributed by atoms with E-state index in [9.17, 15) is 14.4 Å². The number of ether oxygens (including phenoxy) is 1. The number of piperidine rings is 1.